The molecule has 3 N–H and O–H groups in total. The Morgan fingerprint density at radius 2 is 2.27 bits per heavy atom. The minimum atomic E-state index is -0.396. The van der Waals surface area contributed by atoms with Gasteiger partial charge >= 0.3 is 0 Å². The molecule has 4 heteroatoms. The van der Waals surface area contributed by atoms with Gasteiger partial charge in [-0.3, -0.25) is 4.79 Å². The second kappa shape index (κ2) is 3.88. The molecule has 80 valence electrons. The van der Waals surface area contributed by atoms with Crippen molar-refractivity contribution < 1.29 is 9.18 Å². The molecule has 3 nitrogen and oxygen atoms in total. The smallest absolute Gasteiger partial charge is 0.224 e. The average Bonchev–Trinajstić information content (AvgIpc) is 2.94. The van der Waals surface area contributed by atoms with E-state index in [2.05, 4.69) is 5.32 Å². The molecule has 0 unspecified atom stereocenters. The molecule has 0 heterocycles. The minimum Gasteiger partial charge on any atom is -0.397 e. The van der Waals surface area contributed by atoms with Gasteiger partial charge in [-0.2, -0.15) is 0 Å². The van der Waals surface area contributed by atoms with Crippen molar-refractivity contribution in [2.45, 2.75) is 19.3 Å². The van der Waals surface area contributed by atoms with Crippen molar-refractivity contribution in [1.82, 2.24) is 0 Å². The molecule has 1 aromatic carbocycles. The van der Waals surface area contributed by atoms with Gasteiger partial charge < -0.3 is 11.1 Å². The summed E-state index contributed by atoms with van der Waals surface area (Å²) in [6.07, 6.45) is 2.80. The molecule has 1 saturated carbocycles. The Labute approximate surface area is 87.5 Å². The van der Waals surface area contributed by atoms with Crippen LogP contribution in [-0.4, -0.2) is 5.91 Å². The van der Waals surface area contributed by atoms with Crippen LogP contribution >= 0.6 is 0 Å². The molecule has 15 heavy (non-hydrogen) atoms. The first-order valence-corrected chi connectivity index (χ1v) is 5.00. The van der Waals surface area contributed by atoms with Crippen LogP contribution in [0.5, 0.6) is 0 Å². The summed E-state index contributed by atoms with van der Waals surface area (Å²) in [6.45, 7) is 0. The number of nitrogens with one attached hydrogen (secondary N) is 1. The quantitative estimate of drug-likeness (QED) is 0.748. The maximum atomic E-state index is 12.7. The van der Waals surface area contributed by atoms with Crippen molar-refractivity contribution in [3.8, 4) is 0 Å². The van der Waals surface area contributed by atoms with Gasteiger partial charge in [0.05, 0.1) is 11.4 Å². The van der Waals surface area contributed by atoms with Gasteiger partial charge in [-0.25, -0.2) is 4.39 Å². The standard InChI is InChI=1S/C11H13FN2O/c12-8-3-4-10(9(13)6-8)14-11(15)5-7-1-2-7/h3-4,6-7H,1-2,5,13H2,(H,14,15). The first kappa shape index (κ1) is 9.96. The number of hydrogen-bond acceptors (Lipinski definition) is 2. The molecule has 0 atom stereocenters. The number of rotatable bonds is 3. The predicted molar refractivity (Wildman–Crippen MR) is 56.8 cm³/mol. The predicted octanol–water partition coefficient (Wildman–Crippen LogP) is 2.15. The van der Waals surface area contributed by atoms with Crippen LogP contribution in [0.15, 0.2) is 18.2 Å². The third-order valence-electron chi connectivity index (χ3n) is 2.46. The van der Waals surface area contributed by atoms with E-state index in [1.165, 1.54) is 18.2 Å². The summed E-state index contributed by atoms with van der Waals surface area (Å²) in [5.41, 5.74) is 6.31. The Balaban J connectivity index is 1.99. The molecule has 0 aliphatic heterocycles. The molecular formula is C11H13FN2O. The van der Waals surface area contributed by atoms with Crippen LogP contribution in [0.1, 0.15) is 19.3 Å². The monoisotopic (exact) mass is 208 g/mol. The van der Waals surface area contributed by atoms with Crippen molar-refractivity contribution in [1.29, 1.82) is 0 Å². The van der Waals surface area contributed by atoms with E-state index >= 15 is 0 Å². The maximum absolute atomic E-state index is 12.7. The molecule has 0 radical (unpaired) electrons. The highest BCUT2D eigenvalue weighted by molar-refractivity contribution is 5.94. The van der Waals surface area contributed by atoms with E-state index in [0.29, 0.717) is 18.0 Å². The van der Waals surface area contributed by atoms with Crippen molar-refractivity contribution in [3.05, 3.63) is 24.0 Å². The second-order valence-electron chi connectivity index (χ2n) is 3.93. The lowest BCUT2D eigenvalue weighted by Crippen LogP contribution is -2.13. The first-order chi connectivity index (χ1) is 7.15. The molecule has 0 saturated heterocycles. The van der Waals surface area contributed by atoms with Gasteiger partial charge in [0.15, 0.2) is 0 Å². The highest BCUT2D eigenvalue weighted by Gasteiger charge is 2.24. The summed E-state index contributed by atoms with van der Waals surface area (Å²) in [7, 11) is 0. The average molecular weight is 208 g/mol. The summed E-state index contributed by atoms with van der Waals surface area (Å²) in [6, 6.07) is 3.96. The summed E-state index contributed by atoms with van der Waals surface area (Å²) in [4.78, 5) is 11.4. The fourth-order valence-corrected chi connectivity index (χ4v) is 1.43. The summed E-state index contributed by atoms with van der Waals surface area (Å²) in [5.74, 6) is 0.0928. The van der Waals surface area contributed by atoms with Gasteiger partial charge in [-0.15, -0.1) is 0 Å². The van der Waals surface area contributed by atoms with Gasteiger partial charge in [0.1, 0.15) is 5.82 Å². The maximum Gasteiger partial charge on any atom is 0.224 e. The molecule has 1 fully saturated rings. The zero-order valence-corrected chi connectivity index (χ0v) is 8.29. The summed E-state index contributed by atoms with van der Waals surface area (Å²) in [5, 5.41) is 2.68. The van der Waals surface area contributed by atoms with Crippen molar-refractivity contribution in [3.63, 3.8) is 0 Å². The normalized spacial score (nSPS) is 15.0. The lowest BCUT2D eigenvalue weighted by Gasteiger charge is -2.07. The van der Waals surface area contributed by atoms with Gasteiger partial charge in [0, 0.05) is 6.42 Å². The van der Waals surface area contributed by atoms with E-state index < -0.39 is 5.82 Å². The van der Waals surface area contributed by atoms with E-state index in [-0.39, 0.29) is 11.6 Å². The molecule has 1 aromatic rings. The number of benzene rings is 1. The largest absolute Gasteiger partial charge is 0.397 e. The van der Waals surface area contributed by atoms with E-state index in [1.54, 1.807) is 0 Å². The Hall–Kier alpha value is -1.58. The Kier molecular flexibility index (Phi) is 2.58. The van der Waals surface area contributed by atoms with Gasteiger partial charge in [0.2, 0.25) is 5.91 Å². The van der Waals surface area contributed by atoms with Gasteiger partial charge in [-0.05, 0) is 37.0 Å². The van der Waals surface area contributed by atoms with E-state index in [0.717, 1.165) is 12.8 Å². The Morgan fingerprint density at radius 1 is 1.53 bits per heavy atom. The first-order valence-electron chi connectivity index (χ1n) is 5.00. The van der Waals surface area contributed by atoms with Crippen LogP contribution in [0.2, 0.25) is 0 Å². The van der Waals surface area contributed by atoms with Crippen molar-refractivity contribution >= 4 is 17.3 Å². The molecule has 1 amide bonds. The van der Waals surface area contributed by atoms with E-state index in [1.807, 2.05) is 0 Å². The highest BCUT2D eigenvalue weighted by Crippen LogP contribution is 2.32. The van der Waals surface area contributed by atoms with Crippen LogP contribution in [0.3, 0.4) is 0 Å². The fourth-order valence-electron chi connectivity index (χ4n) is 1.43. The number of carbonyl (C=O) groups is 1. The molecular weight excluding hydrogens is 195 g/mol. The molecule has 0 bridgehead atoms. The summed E-state index contributed by atoms with van der Waals surface area (Å²) < 4.78 is 12.7. The SMILES string of the molecule is Nc1cc(F)ccc1NC(=O)CC1CC1. The topological polar surface area (TPSA) is 55.1 Å². The van der Waals surface area contributed by atoms with E-state index in [9.17, 15) is 9.18 Å². The lowest BCUT2D eigenvalue weighted by atomic mass is 10.2. The minimum absolute atomic E-state index is 0.0455. The van der Waals surface area contributed by atoms with Crippen molar-refractivity contribution in [2.24, 2.45) is 5.92 Å². The highest BCUT2D eigenvalue weighted by atomic mass is 19.1. The second-order valence-corrected chi connectivity index (χ2v) is 3.93. The molecule has 0 aromatic heterocycles. The van der Waals surface area contributed by atoms with Crippen molar-refractivity contribution in [2.75, 3.05) is 11.1 Å². The molecule has 0 spiro atoms. The zero-order chi connectivity index (χ0) is 10.8. The van der Waals surface area contributed by atoms with E-state index in [4.69, 9.17) is 5.73 Å². The zero-order valence-electron chi connectivity index (χ0n) is 8.29. The lowest BCUT2D eigenvalue weighted by molar-refractivity contribution is -0.116. The number of carbonyl (C=O) groups excluding carboxylic acids is 1. The van der Waals surface area contributed by atoms with Gasteiger partial charge in [-0.1, -0.05) is 0 Å². The van der Waals surface area contributed by atoms with Crippen LogP contribution in [-0.2, 0) is 4.79 Å². The third kappa shape index (κ3) is 2.68. The number of anilines is 2. The fraction of sp³-hybridized carbons (Fsp3) is 0.364. The van der Waals surface area contributed by atoms with Crippen LogP contribution in [0, 0.1) is 11.7 Å². The number of nitrogen functional groups attached to an aromatic ring is 1. The summed E-state index contributed by atoms with van der Waals surface area (Å²) >= 11 is 0. The van der Waals surface area contributed by atoms with Gasteiger partial charge in [0.25, 0.3) is 0 Å². The Bertz CT molecular complexity index is 388. The number of halogens is 1. The number of nitrogens with two attached hydrogens (primary N) is 1. The Morgan fingerprint density at radius 3 is 2.87 bits per heavy atom. The molecule has 1 aliphatic carbocycles. The molecule has 1 aliphatic rings. The number of amides is 1. The third-order valence-corrected chi connectivity index (χ3v) is 2.46. The van der Waals surface area contributed by atoms with Crippen LogP contribution in [0.4, 0.5) is 15.8 Å². The molecule has 2 rings (SSSR count). The van der Waals surface area contributed by atoms with Crippen LogP contribution in [0.25, 0.3) is 0 Å². The van der Waals surface area contributed by atoms with Crippen LogP contribution < -0.4 is 11.1 Å². The number of hydrogen-bond donors (Lipinski definition) is 2.